The number of nitrogens with one attached hydrogen (secondary N) is 2. The van der Waals surface area contributed by atoms with E-state index in [2.05, 4.69) is 32.4 Å². The molecule has 0 aliphatic heterocycles. The lowest BCUT2D eigenvalue weighted by atomic mass is 9.44. The topological polar surface area (TPSA) is 201 Å². The number of Topliss-reactive ketones (excluding diaryl/α,β-unsaturated/α-hetero) is 2. The van der Waals surface area contributed by atoms with Crippen molar-refractivity contribution in [1.29, 1.82) is 0 Å². The molecule has 7 N–H and O–H groups in total. The Morgan fingerprint density at radius 2 is 2.00 bits per heavy atom. The second-order valence-corrected chi connectivity index (χ2v) is 14.5. The molecule has 4 aliphatic rings. The predicted molar refractivity (Wildman–Crippen MR) is 174 cm³/mol. The smallest absolute Gasteiger partial charge is 0.248 e. The number of methoxy groups -OCH3 is 1. The van der Waals surface area contributed by atoms with Crippen molar-refractivity contribution in [2.75, 3.05) is 24.8 Å². The van der Waals surface area contributed by atoms with Gasteiger partial charge in [0.15, 0.2) is 5.78 Å². The fourth-order valence-electron chi connectivity index (χ4n) is 9.62. The van der Waals surface area contributed by atoms with Crippen LogP contribution in [0.5, 0.6) is 5.75 Å². The minimum Gasteiger partial charge on any atom is -0.494 e. The maximum atomic E-state index is 13.4. The number of H-pyrrole nitrogens is 1. The Labute approximate surface area is 274 Å². The molecule has 7 rings (SSSR count). The van der Waals surface area contributed by atoms with Gasteiger partial charge in [0.1, 0.15) is 23.7 Å². The van der Waals surface area contributed by atoms with Crippen LogP contribution in [0, 0.1) is 41.4 Å². The number of aromatic nitrogens is 5. The number of ketones is 2. The Morgan fingerprint density at radius 3 is 2.66 bits per heavy atom. The number of hydrogen-bond acceptors (Lipinski definition) is 11. The number of aliphatic hydroxyl groups is 3. The van der Waals surface area contributed by atoms with E-state index in [4.69, 9.17) is 10.5 Å². The lowest BCUT2D eigenvalue weighted by Gasteiger charge is -2.60. The average Bonchev–Trinajstić information content (AvgIpc) is 3.74. The molecule has 0 saturated heterocycles. The largest absolute Gasteiger partial charge is 0.494 e. The van der Waals surface area contributed by atoms with Gasteiger partial charge in [-0.2, -0.15) is 4.98 Å². The normalized spacial score (nSPS) is 34.4. The molecule has 47 heavy (non-hydrogen) atoms. The lowest BCUT2D eigenvalue weighted by Crippen LogP contribution is -2.62. The molecule has 0 amide bonds. The molecule has 4 fully saturated rings. The third-order valence-corrected chi connectivity index (χ3v) is 12.0. The van der Waals surface area contributed by atoms with Crippen molar-refractivity contribution in [2.24, 2.45) is 34.5 Å². The zero-order valence-corrected chi connectivity index (χ0v) is 27.6. The summed E-state index contributed by atoms with van der Waals surface area (Å²) in [5, 5.41) is 40.2. The highest BCUT2D eigenvalue weighted by molar-refractivity contribution is 5.92. The summed E-state index contributed by atoms with van der Waals surface area (Å²) in [4.78, 5) is 33.9. The van der Waals surface area contributed by atoms with Crippen molar-refractivity contribution in [3.63, 3.8) is 0 Å². The lowest BCUT2D eigenvalue weighted by molar-refractivity contribution is -0.180. The van der Waals surface area contributed by atoms with Gasteiger partial charge >= 0.3 is 0 Å². The molecule has 8 atom stereocenters. The van der Waals surface area contributed by atoms with Crippen LogP contribution in [-0.4, -0.2) is 77.0 Å². The van der Waals surface area contributed by atoms with Crippen molar-refractivity contribution in [3.8, 4) is 11.4 Å². The van der Waals surface area contributed by atoms with Crippen LogP contribution in [0.25, 0.3) is 5.69 Å². The molecular weight excluding hydrogens is 602 g/mol. The number of carbonyl (C=O) groups excluding carboxylic acids is 2. The number of ether oxygens (including phenoxy) is 1. The predicted octanol–water partition coefficient (Wildman–Crippen LogP) is 3.49. The number of fused-ring (bicyclic) bond motifs is 5. The van der Waals surface area contributed by atoms with Crippen LogP contribution in [0.2, 0.25) is 0 Å². The van der Waals surface area contributed by atoms with Crippen molar-refractivity contribution >= 4 is 29.2 Å². The van der Waals surface area contributed by atoms with Crippen LogP contribution in [-0.2, 0) is 9.59 Å². The highest BCUT2D eigenvalue weighted by Crippen LogP contribution is 2.67. The van der Waals surface area contributed by atoms with E-state index in [-0.39, 0.29) is 47.4 Å². The summed E-state index contributed by atoms with van der Waals surface area (Å²) in [6, 6.07) is 5.69. The first-order chi connectivity index (χ1) is 22.3. The maximum Gasteiger partial charge on any atom is 0.248 e. The third-order valence-electron chi connectivity index (χ3n) is 12.0. The summed E-state index contributed by atoms with van der Waals surface area (Å²) in [6.45, 7) is 5.40. The Morgan fingerprint density at radius 1 is 1.21 bits per heavy atom. The number of nitrogen functional groups attached to an aromatic ring is 1. The third kappa shape index (κ3) is 5.61. The molecule has 0 unspecified atom stereocenters. The molecule has 0 radical (unpaired) electrons. The summed E-state index contributed by atoms with van der Waals surface area (Å²) < 4.78 is 7.34. The number of nitrogens with zero attached hydrogens (tertiary/aromatic N) is 4. The highest BCUT2D eigenvalue weighted by Gasteiger charge is 2.68. The van der Waals surface area contributed by atoms with E-state index in [1.54, 1.807) is 13.4 Å². The van der Waals surface area contributed by atoms with E-state index in [0.717, 1.165) is 55.6 Å². The molecule has 0 spiro atoms. The van der Waals surface area contributed by atoms with Gasteiger partial charge in [0.05, 0.1) is 30.9 Å². The van der Waals surface area contributed by atoms with E-state index in [1.807, 2.05) is 42.8 Å². The fourth-order valence-corrected chi connectivity index (χ4v) is 9.62. The first-order valence-corrected chi connectivity index (χ1v) is 16.5. The standard InChI is InChI=1S/C21H32O5.C13H15N7O/c1-19-7-5-13(23)9-12(19)3-4-14-15-6-8-21(26,17(25)11-22)20(15,2)10-16(24)18(14)19;1-8-6-20(7-15-8)10-4-3-9(5-11(10)21-2)16-13-17-12(14)18-19-13/h12-15,18,22-23,26H,3-11H2,1-2H3;3-7H,1-2H3,(H4,14,16,17,18,19)/t12-,13-,14+,15+,18-,19+,20+,21+;/m1./s1. The van der Waals surface area contributed by atoms with Crippen molar-refractivity contribution in [3.05, 3.63) is 36.4 Å². The second kappa shape index (κ2) is 12.3. The number of carbonyl (C=O) groups is 2. The van der Waals surface area contributed by atoms with Gasteiger partial charge in [-0.3, -0.25) is 9.59 Å². The first-order valence-electron chi connectivity index (χ1n) is 16.5. The van der Waals surface area contributed by atoms with Gasteiger partial charge < -0.3 is 35.7 Å². The molecule has 4 saturated carbocycles. The minimum absolute atomic E-state index is 0.0154. The molecular formula is C34H47N7O6. The van der Waals surface area contributed by atoms with E-state index in [1.165, 1.54) is 0 Å². The number of hydrogen-bond donors (Lipinski definition) is 6. The Hall–Kier alpha value is -3.81. The monoisotopic (exact) mass is 649 g/mol. The maximum absolute atomic E-state index is 13.4. The van der Waals surface area contributed by atoms with Gasteiger partial charge in [-0.1, -0.05) is 13.8 Å². The van der Waals surface area contributed by atoms with Gasteiger partial charge in [0, 0.05) is 35.7 Å². The van der Waals surface area contributed by atoms with Crippen LogP contribution in [0.3, 0.4) is 0 Å². The Bertz CT molecular complexity index is 1640. The molecule has 13 nitrogen and oxygen atoms in total. The minimum atomic E-state index is -1.58. The van der Waals surface area contributed by atoms with Crippen LogP contribution >= 0.6 is 0 Å². The number of aliphatic hydroxyl groups excluding tert-OH is 2. The molecule has 13 heteroatoms. The number of rotatable bonds is 6. The summed E-state index contributed by atoms with van der Waals surface area (Å²) in [5.74, 6) is 1.75. The van der Waals surface area contributed by atoms with Crippen LogP contribution in [0.1, 0.15) is 70.9 Å². The van der Waals surface area contributed by atoms with Gasteiger partial charge in [-0.05, 0) is 87.2 Å². The zero-order chi connectivity index (χ0) is 33.7. The molecule has 2 heterocycles. The molecule has 3 aromatic rings. The number of nitrogens with two attached hydrogens (primary N) is 1. The average molecular weight is 650 g/mol. The van der Waals surface area contributed by atoms with Crippen LogP contribution in [0.15, 0.2) is 30.7 Å². The van der Waals surface area contributed by atoms with Gasteiger partial charge in [-0.15, -0.1) is 5.10 Å². The van der Waals surface area contributed by atoms with Gasteiger partial charge in [0.25, 0.3) is 0 Å². The van der Waals surface area contributed by atoms with Gasteiger partial charge in [-0.25, -0.2) is 10.1 Å². The summed E-state index contributed by atoms with van der Waals surface area (Å²) >= 11 is 0. The molecule has 1 aromatic carbocycles. The zero-order valence-electron chi connectivity index (χ0n) is 27.6. The molecule has 2 aromatic heterocycles. The van der Waals surface area contributed by atoms with E-state index >= 15 is 0 Å². The van der Waals surface area contributed by atoms with Crippen molar-refractivity contribution < 1.29 is 29.6 Å². The van der Waals surface area contributed by atoms with Crippen LogP contribution < -0.4 is 15.8 Å². The molecule has 254 valence electrons. The highest BCUT2D eigenvalue weighted by atomic mass is 16.5. The summed E-state index contributed by atoms with van der Waals surface area (Å²) in [5.41, 5.74) is 5.72. The second-order valence-electron chi connectivity index (χ2n) is 14.5. The first kappa shape index (κ1) is 33.1. The van der Waals surface area contributed by atoms with E-state index in [0.29, 0.717) is 24.0 Å². The quantitative estimate of drug-likeness (QED) is 0.228. The van der Waals surface area contributed by atoms with E-state index < -0.39 is 23.4 Å². The number of aromatic amines is 1. The van der Waals surface area contributed by atoms with Crippen molar-refractivity contribution in [2.45, 2.75) is 83.8 Å². The number of anilines is 3. The fraction of sp³-hybridized carbons (Fsp3) is 0.618. The molecule has 4 aliphatic carbocycles. The van der Waals surface area contributed by atoms with Crippen molar-refractivity contribution in [1.82, 2.24) is 24.7 Å². The Balaban J connectivity index is 0.000000168. The Kier molecular flexibility index (Phi) is 8.69. The molecule has 0 bridgehead atoms. The summed E-state index contributed by atoms with van der Waals surface area (Å²) in [6.07, 6.45) is 9.15. The van der Waals surface area contributed by atoms with E-state index in [9.17, 15) is 24.9 Å². The number of benzene rings is 1. The van der Waals surface area contributed by atoms with Crippen LogP contribution in [0.4, 0.5) is 17.6 Å². The summed E-state index contributed by atoms with van der Waals surface area (Å²) in [7, 11) is 1.62. The number of aryl methyl sites for hydroxylation is 1. The van der Waals surface area contributed by atoms with Gasteiger partial charge in [0.2, 0.25) is 11.9 Å². The number of imidazole rings is 1. The SMILES string of the molecule is COc1cc(Nc2n[nH]c(N)n2)ccc1-n1cnc(C)c1.C[C@]12CC[C@@H](O)C[C@H]1CC[C@@H]1[C@@H]2C(=O)C[C@@]2(C)[C@H]1CC[C@]2(O)C(=O)CO.